The number of aliphatic hydroxyl groups excluding tert-OH is 1. The van der Waals surface area contributed by atoms with Gasteiger partial charge in [-0.3, -0.25) is 0 Å². The van der Waals surface area contributed by atoms with Gasteiger partial charge in [0.05, 0.1) is 16.3 Å². The molecule has 8 atom stereocenters. The molecule has 0 amide bonds. The van der Waals surface area contributed by atoms with Gasteiger partial charge in [0.1, 0.15) is 0 Å². The van der Waals surface area contributed by atoms with E-state index in [-0.39, 0.29) is 6.10 Å². The second kappa shape index (κ2) is 7.46. The molecular weight excluding hydrogens is 396 g/mol. The van der Waals surface area contributed by atoms with Gasteiger partial charge in [0.15, 0.2) is 0 Å². The third-order valence-corrected chi connectivity index (χ3v) is 13.5. The van der Waals surface area contributed by atoms with Crippen LogP contribution in [-0.4, -0.2) is 38.0 Å². The summed E-state index contributed by atoms with van der Waals surface area (Å²) in [6.07, 6.45) is 13.1. The molecule has 5 rings (SSSR count). The maximum atomic E-state index is 11.8. The SMILES string of the molecule is C[C@]12CC[C@H]3[C@@H](CC=C4C[C@@H](O)CC[C@@]43C)[C@@H]1CC[C@@H]2[C@@](C)(O)C1SCCCS1. The normalized spacial score (nSPS) is 50.1. The lowest BCUT2D eigenvalue weighted by atomic mass is 9.47. The highest BCUT2D eigenvalue weighted by Gasteiger charge is 2.62. The molecule has 0 aromatic carbocycles. The molecule has 1 saturated heterocycles. The zero-order valence-electron chi connectivity index (χ0n) is 18.5. The van der Waals surface area contributed by atoms with Crippen LogP contribution in [0.4, 0.5) is 0 Å². The highest BCUT2D eigenvalue weighted by atomic mass is 32.2. The topological polar surface area (TPSA) is 40.5 Å². The molecule has 0 bridgehead atoms. The lowest BCUT2D eigenvalue weighted by molar-refractivity contribution is -0.0956. The van der Waals surface area contributed by atoms with Crippen molar-refractivity contribution in [1.82, 2.24) is 0 Å². The van der Waals surface area contributed by atoms with Crippen molar-refractivity contribution in [3.05, 3.63) is 11.6 Å². The first kappa shape index (κ1) is 21.2. The maximum absolute atomic E-state index is 11.8. The summed E-state index contributed by atoms with van der Waals surface area (Å²) in [4.78, 5) is 0. The average Bonchev–Trinajstić information content (AvgIpc) is 3.07. The Bertz CT molecular complexity index is 670. The molecule has 1 heterocycles. The van der Waals surface area contributed by atoms with E-state index in [2.05, 4.69) is 26.8 Å². The van der Waals surface area contributed by atoms with Gasteiger partial charge < -0.3 is 10.2 Å². The summed E-state index contributed by atoms with van der Waals surface area (Å²) in [5.41, 5.74) is 1.62. The molecule has 0 aromatic heterocycles. The number of hydrogen-bond acceptors (Lipinski definition) is 4. The van der Waals surface area contributed by atoms with E-state index in [1.807, 2.05) is 23.5 Å². The Balaban J connectivity index is 1.41. The third kappa shape index (κ3) is 3.21. The standard InChI is InChI=1S/C25H40O2S2/c1-23-11-9-17(26)15-16(23)5-6-18-19-7-8-21(24(19,2)12-10-20(18)23)25(3,27)22-28-13-4-14-29-22/h5,17-22,26-27H,4,6-15H2,1-3H3/t17-,18-,19-,20-,21-,23-,24-,25+/m0/s1. The molecule has 5 aliphatic rings. The van der Waals surface area contributed by atoms with Crippen LogP contribution in [0.15, 0.2) is 11.6 Å². The molecule has 3 saturated carbocycles. The fourth-order valence-corrected chi connectivity index (χ4v) is 11.8. The van der Waals surface area contributed by atoms with Crippen LogP contribution < -0.4 is 0 Å². The molecule has 164 valence electrons. The first-order chi connectivity index (χ1) is 13.8. The van der Waals surface area contributed by atoms with Crippen LogP contribution in [0.2, 0.25) is 0 Å². The molecule has 0 spiro atoms. The minimum absolute atomic E-state index is 0.115. The Morgan fingerprint density at radius 1 is 1.03 bits per heavy atom. The van der Waals surface area contributed by atoms with Crippen molar-refractivity contribution in [2.24, 2.45) is 34.5 Å². The van der Waals surface area contributed by atoms with Gasteiger partial charge in [-0.2, -0.15) is 0 Å². The van der Waals surface area contributed by atoms with Gasteiger partial charge in [-0.25, -0.2) is 0 Å². The average molecular weight is 437 g/mol. The Morgan fingerprint density at radius 3 is 2.55 bits per heavy atom. The first-order valence-corrected chi connectivity index (χ1v) is 14.2. The summed E-state index contributed by atoms with van der Waals surface area (Å²) in [7, 11) is 0. The van der Waals surface area contributed by atoms with Crippen LogP contribution in [0.25, 0.3) is 0 Å². The van der Waals surface area contributed by atoms with Crippen molar-refractivity contribution in [1.29, 1.82) is 0 Å². The van der Waals surface area contributed by atoms with E-state index in [4.69, 9.17) is 0 Å². The van der Waals surface area contributed by atoms with E-state index in [0.717, 1.165) is 30.6 Å². The Hall–Kier alpha value is 0.360. The van der Waals surface area contributed by atoms with E-state index in [0.29, 0.717) is 21.3 Å². The second-order valence-corrected chi connectivity index (χ2v) is 14.2. The van der Waals surface area contributed by atoms with Crippen LogP contribution >= 0.6 is 23.5 Å². The molecule has 0 unspecified atom stereocenters. The minimum atomic E-state index is -0.555. The van der Waals surface area contributed by atoms with E-state index in [1.165, 1.54) is 56.5 Å². The van der Waals surface area contributed by atoms with Crippen molar-refractivity contribution in [2.45, 2.75) is 94.8 Å². The Labute approximate surface area is 186 Å². The van der Waals surface area contributed by atoms with E-state index < -0.39 is 5.60 Å². The van der Waals surface area contributed by atoms with Crippen LogP contribution in [0.5, 0.6) is 0 Å². The molecule has 0 radical (unpaired) electrons. The van der Waals surface area contributed by atoms with Gasteiger partial charge in [0, 0.05) is 0 Å². The highest BCUT2D eigenvalue weighted by Crippen LogP contribution is 2.68. The van der Waals surface area contributed by atoms with E-state index in [1.54, 1.807) is 5.57 Å². The first-order valence-electron chi connectivity index (χ1n) is 12.1. The van der Waals surface area contributed by atoms with E-state index in [9.17, 15) is 10.2 Å². The molecule has 2 N–H and O–H groups in total. The molecule has 4 heteroatoms. The van der Waals surface area contributed by atoms with E-state index >= 15 is 0 Å². The summed E-state index contributed by atoms with van der Waals surface area (Å²) >= 11 is 4.02. The molecule has 4 aliphatic carbocycles. The van der Waals surface area contributed by atoms with Gasteiger partial charge in [-0.1, -0.05) is 25.5 Å². The molecule has 4 fully saturated rings. The number of hydrogen-bond donors (Lipinski definition) is 2. The molecule has 29 heavy (non-hydrogen) atoms. The molecule has 1 aliphatic heterocycles. The smallest absolute Gasteiger partial charge is 0.0862 e. The second-order valence-electron chi connectivity index (χ2n) is 11.5. The van der Waals surface area contributed by atoms with Crippen molar-refractivity contribution < 1.29 is 10.2 Å². The monoisotopic (exact) mass is 436 g/mol. The fourth-order valence-electron chi connectivity index (χ4n) is 8.59. The fraction of sp³-hybridized carbons (Fsp3) is 0.920. The van der Waals surface area contributed by atoms with Gasteiger partial charge in [0.2, 0.25) is 0 Å². The van der Waals surface area contributed by atoms with Gasteiger partial charge >= 0.3 is 0 Å². The van der Waals surface area contributed by atoms with Gasteiger partial charge in [0.25, 0.3) is 0 Å². The van der Waals surface area contributed by atoms with Crippen LogP contribution in [0.3, 0.4) is 0 Å². The Kier molecular flexibility index (Phi) is 5.46. The number of rotatable bonds is 2. The van der Waals surface area contributed by atoms with Gasteiger partial charge in [-0.05, 0) is 111 Å². The quantitative estimate of drug-likeness (QED) is 0.531. The highest BCUT2D eigenvalue weighted by molar-refractivity contribution is 8.17. The molecular formula is C25H40O2S2. The summed E-state index contributed by atoms with van der Waals surface area (Å²) < 4.78 is 0.352. The lowest BCUT2D eigenvalue weighted by Gasteiger charge is -2.59. The van der Waals surface area contributed by atoms with Crippen molar-refractivity contribution in [2.75, 3.05) is 11.5 Å². The van der Waals surface area contributed by atoms with Gasteiger partial charge in [-0.15, -0.1) is 23.5 Å². The predicted molar refractivity (Wildman–Crippen MR) is 125 cm³/mol. The van der Waals surface area contributed by atoms with Crippen LogP contribution in [0.1, 0.15) is 78.6 Å². The summed E-state index contributed by atoms with van der Waals surface area (Å²) in [5, 5.41) is 22.1. The molecule has 0 aromatic rings. The number of fused-ring (bicyclic) bond motifs is 5. The van der Waals surface area contributed by atoms with Crippen molar-refractivity contribution in [3.63, 3.8) is 0 Å². The predicted octanol–water partition coefficient (Wildman–Crippen LogP) is 5.87. The van der Waals surface area contributed by atoms with Crippen molar-refractivity contribution >= 4 is 23.5 Å². The maximum Gasteiger partial charge on any atom is 0.0862 e. The zero-order chi connectivity index (χ0) is 20.4. The molecule has 2 nitrogen and oxygen atoms in total. The minimum Gasteiger partial charge on any atom is -0.393 e. The summed E-state index contributed by atoms with van der Waals surface area (Å²) in [5.74, 6) is 5.19. The largest absolute Gasteiger partial charge is 0.393 e. The van der Waals surface area contributed by atoms with Crippen molar-refractivity contribution in [3.8, 4) is 0 Å². The summed E-state index contributed by atoms with van der Waals surface area (Å²) in [6, 6.07) is 0. The summed E-state index contributed by atoms with van der Waals surface area (Å²) in [6.45, 7) is 7.24. The number of thioether (sulfide) groups is 2. The number of aliphatic hydroxyl groups is 2. The number of allylic oxidation sites excluding steroid dienone is 1. The van der Waals surface area contributed by atoms with Crippen LogP contribution in [0, 0.1) is 34.5 Å². The Morgan fingerprint density at radius 2 is 1.79 bits per heavy atom. The zero-order valence-corrected chi connectivity index (χ0v) is 20.2. The third-order valence-electron chi connectivity index (χ3n) is 10.1. The van der Waals surface area contributed by atoms with Crippen LogP contribution in [-0.2, 0) is 0 Å². The lowest BCUT2D eigenvalue weighted by Crippen LogP contribution is -2.55.